The molecule has 1 amide bonds. The van der Waals surface area contributed by atoms with E-state index in [1.807, 2.05) is 6.92 Å². The molecule has 0 fully saturated rings. The van der Waals surface area contributed by atoms with E-state index in [0.29, 0.717) is 29.1 Å². The van der Waals surface area contributed by atoms with Crippen LogP contribution in [0.5, 0.6) is 5.75 Å². The van der Waals surface area contributed by atoms with Gasteiger partial charge in [0.05, 0.1) is 17.7 Å². The van der Waals surface area contributed by atoms with E-state index in [-0.39, 0.29) is 10.8 Å². The average molecular weight is 376 g/mol. The third kappa shape index (κ3) is 4.76. The van der Waals surface area contributed by atoms with Gasteiger partial charge in [-0.15, -0.1) is 0 Å². The van der Waals surface area contributed by atoms with Crippen LogP contribution in [0.25, 0.3) is 0 Å². The number of benzene rings is 2. The second kappa shape index (κ2) is 8.71. The summed E-state index contributed by atoms with van der Waals surface area (Å²) in [7, 11) is -2.40. The molecule has 0 heterocycles. The first-order valence-corrected chi connectivity index (χ1v) is 9.92. The Labute approximate surface area is 154 Å². The van der Waals surface area contributed by atoms with Crippen LogP contribution in [0.4, 0.5) is 5.69 Å². The van der Waals surface area contributed by atoms with Crippen molar-refractivity contribution in [2.45, 2.75) is 31.6 Å². The normalized spacial score (nSPS) is 11.0. The lowest BCUT2D eigenvalue weighted by molar-refractivity contribution is 0.0953. The number of sulfonamides is 1. The smallest absolute Gasteiger partial charge is 0.262 e. The van der Waals surface area contributed by atoms with Gasteiger partial charge in [0, 0.05) is 12.1 Å². The van der Waals surface area contributed by atoms with Gasteiger partial charge in [-0.3, -0.25) is 9.52 Å². The highest BCUT2D eigenvalue weighted by Crippen LogP contribution is 2.27. The molecule has 26 heavy (non-hydrogen) atoms. The number of hydrogen-bond donors (Lipinski definition) is 2. The fourth-order valence-corrected chi connectivity index (χ4v) is 3.78. The molecule has 6 nitrogen and oxygen atoms in total. The van der Waals surface area contributed by atoms with E-state index in [2.05, 4.69) is 10.0 Å². The number of rotatable bonds is 8. The third-order valence-corrected chi connectivity index (χ3v) is 5.41. The molecule has 2 aromatic rings. The molecule has 0 unspecified atom stereocenters. The minimum absolute atomic E-state index is 0.0616. The van der Waals surface area contributed by atoms with Gasteiger partial charge in [0.25, 0.3) is 15.9 Å². The number of ether oxygens (including phenoxy) is 1. The summed E-state index contributed by atoms with van der Waals surface area (Å²) in [6.07, 6.45) is 1.84. The monoisotopic (exact) mass is 376 g/mol. The number of amides is 1. The van der Waals surface area contributed by atoms with E-state index in [1.54, 1.807) is 43.3 Å². The highest BCUT2D eigenvalue weighted by atomic mass is 32.2. The van der Waals surface area contributed by atoms with E-state index >= 15 is 0 Å². The largest absolute Gasteiger partial charge is 0.495 e. The van der Waals surface area contributed by atoms with Crippen molar-refractivity contribution in [1.29, 1.82) is 0 Å². The summed E-state index contributed by atoms with van der Waals surface area (Å²) in [6, 6.07) is 11.4. The molecule has 140 valence electrons. The minimum Gasteiger partial charge on any atom is -0.495 e. The second-order valence-corrected chi connectivity index (χ2v) is 7.55. The van der Waals surface area contributed by atoms with Gasteiger partial charge in [-0.05, 0) is 43.2 Å². The van der Waals surface area contributed by atoms with Crippen LogP contribution in [0.1, 0.15) is 35.7 Å². The molecule has 0 aromatic heterocycles. The molecule has 0 aliphatic heterocycles. The Hall–Kier alpha value is -2.54. The minimum atomic E-state index is -3.87. The van der Waals surface area contributed by atoms with Crippen molar-refractivity contribution in [1.82, 2.24) is 5.32 Å². The first kappa shape index (κ1) is 19.8. The van der Waals surface area contributed by atoms with Crippen LogP contribution in [0.2, 0.25) is 0 Å². The van der Waals surface area contributed by atoms with Gasteiger partial charge >= 0.3 is 0 Å². The van der Waals surface area contributed by atoms with Gasteiger partial charge in [-0.1, -0.05) is 31.5 Å². The van der Waals surface area contributed by atoms with E-state index in [9.17, 15) is 13.2 Å². The first-order chi connectivity index (χ1) is 12.4. The Balaban J connectivity index is 2.31. The Kier molecular flexibility index (Phi) is 6.63. The Morgan fingerprint density at radius 3 is 2.58 bits per heavy atom. The van der Waals surface area contributed by atoms with Crippen LogP contribution in [0.3, 0.4) is 0 Å². The summed E-state index contributed by atoms with van der Waals surface area (Å²) in [5.41, 5.74) is 1.21. The van der Waals surface area contributed by atoms with Crippen LogP contribution in [0.15, 0.2) is 47.4 Å². The molecule has 0 atom stereocenters. The molecule has 0 aliphatic carbocycles. The van der Waals surface area contributed by atoms with Gasteiger partial charge in [-0.2, -0.15) is 0 Å². The van der Waals surface area contributed by atoms with Crippen LogP contribution in [-0.2, 0) is 10.0 Å². The SMILES string of the molecule is CCCCNC(=O)c1ccc(C)c(S(=O)(=O)Nc2ccccc2OC)c1. The zero-order valence-electron chi connectivity index (χ0n) is 15.2. The summed E-state index contributed by atoms with van der Waals surface area (Å²) in [6.45, 7) is 4.28. The molecule has 2 N–H and O–H groups in total. The van der Waals surface area contributed by atoms with Gasteiger partial charge in [0.2, 0.25) is 0 Å². The molecule has 0 saturated carbocycles. The number of aryl methyl sites for hydroxylation is 1. The van der Waals surface area contributed by atoms with Crippen molar-refractivity contribution < 1.29 is 17.9 Å². The van der Waals surface area contributed by atoms with Crippen molar-refractivity contribution in [2.75, 3.05) is 18.4 Å². The number of carbonyl (C=O) groups is 1. The predicted molar refractivity (Wildman–Crippen MR) is 102 cm³/mol. The number of hydrogen-bond acceptors (Lipinski definition) is 4. The number of nitrogens with one attached hydrogen (secondary N) is 2. The van der Waals surface area contributed by atoms with E-state index < -0.39 is 10.0 Å². The average Bonchev–Trinajstić information content (AvgIpc) is 2.62. The van der Waals surface area contributed by atoms with Gasteiger partial charge in [0.15, 0.2) is 0 Å². The molecule has 7 heteroatoms. The van der Waals surface area contributed by atoms with Crippen molar-refractivity contribution in [3.8, 4) is 5.75 Å². The highest BCUT2D eigenvalue weighted by Gasteiger charge is 2.20. The standard InChI is InChI=1S/C19H24N2O4S/c1-4-5-12-20-19(22)15-11-10-14(2)18(13-15)26(23,24)21-16-8-6-7-9-17(16)25-3/h6-11,13,21H,4-5,12H2,1-3H3,(H,20,22). The van der Waals surface area contributed by atoms with Crippen LogP contribution in [-0.4, -0.2) is 28.0 Å². The van der Waals surface area contributed by atoms with Crippen molar-refractivity contribution in [2.24, 2.45) is 0 Å². The Morgan fingerprint density at radius 1 is 1.15 bits per heavy atom. The molecule has 0 spiro atoms. The lowest BCUT2D eigenvalue weighted by Crippen LogP contribution is -2.25. The third-order valence-electron chi connectivity index (χ3n) is 3.91. The summed E-state index contributed by atoms with van der Waals surface area (Å²) < 4.78 is 33.4. The zero-order valence-corrected chi connectivity index (χ0v) is 16.0. The maximum absolute atomic E-state index is 12.8. The molecule has 2 aromatic carbocycles. The van der Waals surface area contributed by atoms with Crippen LogP contribution >= 0.6 is 0 Å². The second-order valence-electron chi connectivity index (χ2n) is 5.90. The number of anilines is 1. The molecule has 0 aliphatic rings. The maximum atomic E-state index is 12.8. The molecule has 0 radical (unpaired) electrons. The summed E-state index contributed by atoms with van der Waals surface area (Å²) in [5, 5.41) is 2.79. The van der Waals surface area contributed by atoms with Gasteiger partial charge < -0.3 is 10.1 Å². The van der Waals surface area contributed by atoms with Crippen molar-refractivity contribution in [3.05, 3.63) is 53.6 Å². The topological polar surface area (TPSA) is 84.5 Å². The van der Waals surface area contributed by atoms with E-state index in [0.717, 1.165) is 12.8 Å². The van der Waals surface area contributed by atoms with Crippen molar-refractivity contribution in [3.63, 3.8) is 0 Å². The lowest BCUT2D eigenvalue weighted by Gasteiger charge is -2.14. The lowest BCUT2D eigenvalue weighted by atomic mass is 10.1. The van der Waals surface area contributed by atoms with Gasteiger partial charge in [-0.25, -0.2) is 8.42 Å². The number of carbonyl (C=O) groups excluding carboxylic acids is 1. The summed E-state index contributed by atoms with van der Waals surface area (Å²) >= 11 is 0. The molecule has 2 rings (SSSR count). The molecule has 0 saturated heterocycles. The molecule has 0 bridgehead atoms. The highest BCUT2D eigenvalue weighted by molar-refractivity contribution is 7.92. The van der Waals surface area contributed by atoms with Crippen LogP contribution < -0.4 is 14.8 Å². The summed E-state index contributed by atoms with van der Waals surface area (Å²) in [4.78, 5) is 12.3. The van der Waals surface area contributed by atoms with Crippen LogP contribution in [0, 0.1) is 6.92 Å². The quantitative estimate of drug-likeness (QED) is 0.692. The van der Waals surface area contributed by atoms with E-state index in [1.165, 1.54) is 13.2 Å². The maximum Gasteiger partial charge on any atom is 0.262 e. The molecular formula is C19H24N2O4S. The fourth-order valence-electron chi connectivity index (χ4n) is 2.44. The Morgan fingerprint density at radius 2 is 1.88 bits per heavy atom. The number of methoxy groups -OCH3 is 1. The first-order valence-electron chi connectivity index (χ1n) is 8.43. The van der Waals surface area contributed by atoms with Crippen molar-refractivity contribution >= 4 is 21.6 Å². The predicted octanol–water partition coefficient (Wildman–Crippen LogP) is 3.33. The van der Waals surface area contributed by atoms with Gasteiger partial charge in [0.1, 0.15) is 5.75 Å². The number of para-hydroxylation sites is 2. The van der Waals surface area contributed by atoms with E-state index in [4.69, 9.17) is 4.74 Å². The zero-order chi connectivity index (χ0) is 19.2. The summed E-state index contributed by atoms with van der Waals surface area (Å²) in [5.74, 6) is 0.134. The fraction of sp³-hybridized carbons (Fsp3) is 0.316. The number of unbranched alkanes of at least 4 members (excludes halogenated alkanes) is 1. The molecular weight excluding hydrogens is 352 g/mol. The Bertz CT molecular complexity index is 879.